The van der Waals surface area contributed by atoms with E-state index in [1.54, 1.807) is 6.08 Å². The fourth-order valence-electron chi connectivity index (χ4n) is 2.00. The number of phenolic OH excluding ortho intramolecular Hbond substituents is 2. The van der Waals surface area contributed by atoms with Gasteiger partial charge in [-0.2, -0.15) is 0 Å². The number of aliphatic carboxylic acids is 1. The maximum Gasteiger partial charge on any atom is 0.315 e. The molecule has 0 saturated carbocycles. The van der Waals surface area contributed by atoms with Gasteiger partial charge in [-0.05, 0) is 35.5 Å². The van der Waals surface area contributed by atoms with Crippen molar-refractivity contribution in [3.05, 3.63) is 47.7 Å². The molecule has 2 rings (SSSR count). The second kappa shape index (κ2) is 5.06. The molecule has 1 heterocycles. The van der Waals surface area contributed by atoms with Crippen LogP contribution in [0.15, 0.2) is 42.1 Å². The number of nitrogens with zero attached hydrogens (tertiary/aromatic N) is 1. The van der Waals surface area contributed by atoms with Gasteiger partial charge in [-0.15, -0.1) is 0 Å². The molecule has 1 aliphatic rings. The van der Waals surface area contributed by atoms with E-state index in [2.05, 4.69) is 0 Å². The molecule has 3 N–H and O–H groups in total. The highest BCUT2D eigenvalue weighted by atomic mass is 16.4. The quantitative estimate of drug-likeness (QED) is 0.721. The summed E-state index contributed by atoms with van der Waals surface area (Å²) in [6.45, 7) is 0.639. The minimum absolute atomic E-state index is 0.263. The first-order valence-corrected chi connectivity index (χ1v) is 5.82. The Labute approximate surface area is 110 Å². The molecule has 0 saturated heterocycles. The van der Waals surface area contributed by atoms with Gasteiger partial charge in [0.25, 0.3) is 0 Å². The van der Waals surface area contributed by atoms with Crippen LogP contribution < -0.4 is 0 Å². The minimum Gasteiger partial charge on any atom is -0.504 e. The Balaban J connectivity index is 2.38. The van der Waals surface area contributed by atoms with Crippen LogP contribution in [0.1, 0.15) is 11.5 Å². The fourth-order valence-corrected chi connectivity index (χ4v) is 2.00. The Bertz CT molecular complexity index is 563. The summed E-state index contributed by atoms with van der Waals surface area (Å²) in [5.74, 6) is -2.43. The van der Waals surface area contributed by atoms with Gasteiger partial charge < -0.3 is 20.2 Å². The standard InChI is InChI=1S/C14H15NO4/c1-15-6-4-9(5-7-15)13(14(18)19)10-2-3-11(16)12(17)8-10/h2-6,8,13,16-17H,7H2,1H3,(H,18,19). The Kier molecular flexibility index (Phi) is 3.46. The lowest BCUT2D eigenvalue weighted by molar-refractivity contribution is -0.137. The van der Waals surface area contributed by atoms with Crippen molar-refractivity contribution < 1.29 is 20.1 Å². The van der Waals surface area contributed by atoms with Crippen molar-refractivity contribution in [2.24, 2.45) is 0 Å². The van der Waals surface area contributed by atoms with Gasteiger partial charge in [-0.1, -0.05) is 12.1 Å². The van der Waals surface area contributed by atoms with Crippen LogP contribution in [0.2, 0.25) is 0 Å². The molecule has 0 fully saturated rings. The average Bonchev–Trinajstić information content (AvgIpc) is 2.36. The number of hydrogen-bond acceptors (Lipinski definition) is 4. The predicted octanol–water partition coefficient (Wildman–Crippen LogP) is 1.65. The third kappa shape index (κ3) is 2.70. The largest absolute Gasteiger partial charge is 0.504 e. The maximum absolute atomic E-state index is 11.4. The summed E-state index contributed by atoms with van der Waals surface area (Å²) in [7, 11) is 1.89. The van der Waals surface area contributed by atoms with Gasteiger partial charge in [0.2, 0.25) is 0 Å². The van der Waals surface area contributed by atoms with Crippen LogP contribution in [0.25, 0.3) is 0 Å². The second-order valence-electron chi connectivity index (χ2n) is 4.48. The summed E-state index contributed by atoms with van der Waals surface area (Å²) in [5.41, 5.74) is 1.10. The highest BCUT2D eigenvalue weighted by Gasteiger charge is 2.24. The molecule has 0 spiro atoms. The Hall–Kier alpha value is -2.43. The van der Waals surface area contributed by atoms with E-state index < -0.39 is 11.9 Å². The van der Waals surface area contributed by atoms with Gasteiger partial charge in [0.05, 0.1) is 0 Å². The van der Waals surface area contributed by atoms with E-state index in [1.807, 2.05) is 24.2 Å². The molecular weight excluding hydrogens is 246 g/mol. The molecule has 5 nitrogen and oxygen atoms in total. The number of carbonyl (C=O) groups is 1. The zero-order valence-corrected chi connectivity index (χ0v) is 10.4. The van der Waals surface area contributed by atoms with Crippen LogP contribution in [0.5, 0.6) is 11.5 Å². The molecule has 1 unspecified atom stereocenters. The minimum atomic E-state index is -0.995. The third-order valence-electron chi connectivity index (χ3n) is 3.05. The van der Waals surface area contributed by atoms with Gasteiger partial charge in [0.15, 0.2) is 11.5 Å². The van der Waals surface area contributed by atoms with E-state index in [-0.39, 0.29) is 11.5 Å². The van der Waals surface area contributed by atoms with Crippen molar-refractivity contribution in [2.45, 2.75) is 5.92 Å². The molecule has 0 aliphatic carbocycles. The van der Waals surface area contributed by atoms with Crippen LogP contribution in [-0.4, -0.2) is 39.8 Å². The van der Waals surface area contributed by atoms with Crippen molar-refractivity contribution in [3.63, 3.8) is 0 Å². The maximum atomic E-state index is 11.4. The summed E-state index contributed by atoms with van der Waals surface area (Å²) in [6, 6.07) is 4.07. The summed E-state index contributed by atoms with van der Waals surface area (Å²) in [6.07, 6.45) is 5.39. The molecule has 0 aromatic heterocycles. The molecule has 1 aromatic rings. The first-order chi connectivity index (χ1) is 8.99. The lowest BCUT2D eigenvalue weighted by atomic mass is 9.89. The number of rotatable bonds is 3. The smallest absolute Gasteiger partial charge is 0.315 e. The topological polar surface area (TPSA) is 81.0 Å². The molecule has 0 radical (unpaired) electrons. The van der Waals surface area contributed by atoms with Crippen molar-refractivity contribution in [2.75, 3.05) is 13.6 Å². The van der Waals surface area contributed by atoms with Crippen molar-refractivity contribution in [1.82, 2.24) is 4.90 Å². The monoisotopic (exact) mass is 261 g/mol. The third-order valence-corrected chi connectivity index (χ3v) is 3.05. The summed E-state index contributed by atoms with van der Waals surface area (Å²) >= 11 is 0. The number of benzene rings is 1. The lowest BCUT2D eigenvalue weighted by Gasteiger charge is -2.21. The SMILES string of the molecule is CN1C=CC(C(C(=O)O)c2ccc(O)c(O)c2)=CC1. The zero-order valence-electron chi connectivity index (χ0n) is 10.4. The molecule has 100 valence electrons. The Morgan fingerprint density at radius 3 is 2.58 bits per heavy atom. The molecule has 1 aromatic carbocycles. The molecular formula is C14H15NO4. The molecule has 1 aliphatic heterocycles. The number of aromatic hydroxyl groups is 2. The van der Waals surface area contributed by atoms with Crippen LogP contribution in [-0.2, 0) is 4.79 Å². The van der Waals surface area contributed by atoms with E-state index in [9.17, 15) is 20.1 Å². The van der Waals surface area contributed by atoms with E-state index in [1.165, 1.54) is 18.2 Å². The summed E-state index contributed by atoms with van der Waals surface area (Å²) in [5, 5.41) is 28.1. The first-order valence-electron chi connectivity index (χ1n) is 5.82. The predicted molar refractivity (Wildman–Crippen MR) is 70.0 cm³/mol. The first kappa shape index (κ1) is 13.0. The molecule has 0 amide bonds. The summed E-state index contributed by atoms with van der Waals surface area (Å²) in [4.78, 5) is 13.4. The van der Waals surface area contributed by atoms with Gasteiger partial charge >= 0.3 is 5.97 Å². The fraction of sp³-hybridized carbons (Fsp3) is 0.214. The molecule has 1 atom stereocenters. The van der Waals surface area contributed by atoms with Crippen LogP contribution in [0.4, 0.5) is 0 Å². The van der Waals surface area contributed by atoms with Crippen LogP contribution in [0, 0.1) is 0 Å². The van der Waals surface area contributed by atoms with Gasteiger partial charge in [-0.25, -0.2) is 0 Å². The number of phenols is 2. The van der Waals surface area contributed by atoms with Crippen LogP contribution >= 0.6 is 0 Å². The Morgan fingerprint density at radius 2 is 2.05 bits per heavy atom. The Morgan fingerprint density at radius 1 is 1.32 bits per heavy atom. The van der Waals surface area contributed by atoms with Gasteiger partial charge in [0, 0.05) is 13.6 Å². The van der Waals surface area contributed by atoms with E-state index in [0.29, 0.717) is 17.7 Å². The average molecular weight is 261 g/mol. The lowest BCUT2D eigenvalue weighted by Crippen LogP contribution is -2.19. The number of carboxylic acid groups (broad SMARTS) is 1. The normalized spacial score (nSPS) is 16.1. The second-order valence-corrected chi connectivity index (χ2v) is 4.48. The highest BCUT2D eigenvalue weighted by Crippen LogP contribution is 2.33. The summed E-state index contributed by atoms with van der Waals surface area (Å²) < 4.78 is 0. The molecule has 5 heteroatoms. The number of hydrogen-bond donors (Lipinski definition) is 3. The molecule has 0 bridgehead atoms. The van der Waals surface area contributed by atoms with Crippen molar-refractivity contribution in [3.8, 4) is 11.5 Å². The number of carboxylic acids is 1. The number of likely N-dealkylation sites (N-methyl/N-ethyl adjacent to an activating group) is 1. The molecule has 19 heavy (non-hydrogen) atoms. The van der Waals surface area contributed by atoms with E-state index >= 15 is 0 Å². The highest BCUT2D eigenvalue weighted by molar-refractivity contribution is 5.81. The van der Waals surface area contributed by atoms with Gasteiger partial charge in [0.1, 0.15) is 5.92 Å². The van der Waals surface area contributed by atoms with E-state index in [4.69, 9.17) is 0 Å². The zero-order chi connectivity index (χ0) is 14.0. The van der Waals surface area contributed by atoms with Crippen LogP contribution in [0.3, 0.4) is 0 Å². The van der Waals surface area contributed by atoms with Crippen molar-refractivity contribution >= 4 is 5.97 Å². The van der Waals surface area contributed by atoms with Gasteiger partial charge in [-0.3, -0.25) is 4.79 Å². The van der Waals surface area contributed by atoms with E-state index in [0.717, 1.165) is 0 Å². The van der Waals surface area contributed by atoms with Crippen molar-refractivity contribution in [1.29, 1.82) is 0 Å². The number of allylic oxidation sites excluding steroid dienone is 1.